The second kappa shape index (κ2) is 10.1. The first kappa shape index (κ1) is 25.5. The smallest absolute Gasteiger partial charge is 0.355 e. The number of aromatic amines is 2. The van der Waals surface area contributed by atoms with Gasteiger partial charge in [0.15, 0.2) is 0 Å². The van der Waals surface area contributed by atoms with Crippen LogP contribution >= 0.6 is 0 Å². The maximum absolute atomic E-state index is 15.4. The van der Waals surface area contributed by atoms with E-state index in [4.69, 9.17) is 9.15 Å². The maximum Gasteiger partial charge on any atom is 0.355 e. The second-order valence-corrected chi connectivity index (χ2v) is 9.79. The molecule has 2 N–H and O–H groups in total. The predicted molar refractivity (Wildman–Crippen MR) is 147 cm³/mol. The zero-order valence-corrected chi connectivity index (χ0v) is 21.8. The number of likely N-dealkylation sites (N-methyl/N-ethyl adjacent to an activating group) is 1. The molecule has 11 heteroatoms. The van der Waals surface area contributed by atoms with Crippen molar-refractivity contribution in [3.63, 3.8) is 0 Å². The molecule has 0 radical (unpaired) electrons. The summed E-state index contributed by atoms with van der Waals surface area (Å²) in [7, 11) is 3.70. The SMILES string of the molecule is CN(C)CCOC(=O)c1c(-c2ccc[nH]c2=O)c2c3occc3c(F)cc2n1Cc1cc2cn[nH]c2cc1CF. The van der Waals surface area contributed by atoms with E-state index in [1.807, 2.05) is 19.0 Å². The van der Waals surface area contributed by atoms with Crippen LogP contribution in [0.15, 0.2) is 64.3 Å². The lowest BCUT2D eigenvalue weighted by molar-refractivity contribution is 0.0471. The van der Waals surface area contributed by atoms with Crippen LogP contribution in [0.3, 0.4) is 0 Å². The predicted octanol–water partition coefficient (Wildman–Crippen LogP) is 4.99. The molecule has 0 bridgehead atoms. The van der Waals surface area contributed by atoms with Gasteiger partial charge in [-0.15, -0.1) is 0 Å². The zero-order valence-electron chi connectivity index (χ0n) is 21.8. The molecule has 0 atom stereocenters. The highest BCUT2D eigenvalue weighted by Crippen LogP contribution is 2.41. The Kier molecular flexibility index (Phi) is 6.43. The minimum absolute atomic E-state index is 0.00855. The van der Waals surface area contributed by atoms with Crippen LogP contribution in [0.1, 0.15) is 21.6 Å². The van der Waals surface area contributed by atoms with Gasteiger partial charge in [-0.25, -0.2) is 13.6 Å². The second-order valence-electron chi connectivity index (χ2n) is 9.79. The monoisotopic (exact) mass is 545 g/mol. The minimum Gasteiger partial charge on any atom is -0.463 e. The number of fused-ring (bicyclic) bond motifs is 4. The van der Waals surface area contributed by atoms with Crippen LogP contribution in [-0.4, -0.2) is 57.9 Å². The average molecular weight is 546 g/mol. The molecule has 0 fully saturated rings. The number of nitrogens with zero attached hydrogens (tertiary/aromatic N) is 3. The number of furan rings is 1. The fourth-order valence-corrected chi connectivity index (χ4v) is 5.08. The molecule has 204 valence electrons. The summed E-state index contributed by atoms with van der Waals surface area (Å²) < 4.78 is 42.5. The number of H-pyrrole nitrogens is 2. The molecule has 40 heavy (non-hydrogen) atoms. The molecule has 0 aliphatic carbocycles. The average Bonchev–Trinajstić information content (AvgIpc) is 3.66. The number of ether oxygens (including phenoxy) is 1. The van der Waals surface area contributed by atoms with Gasteiger partial charge in [0.25, 0.3) is 5.56 Å². The van der Waals surface area contributed by atoms with Crippen LogP contribution in [0.25, 0.3) is 43.9 Å². The van der Waals surface area contributed by atoms with E-state index in [0.717, 1.165) is 5.39 Å². The first-order chi connectivity index (χ1) is 19.4. The Morgan fingerprint density at radius 1 is 1.20 bits per heavy atom. The van der Waals surface area contributed by atoms with Crippen molar-refractivity contribution in [2.24, 2.45) is 0 Å². The van der Waals surface area contributed by atoms with Gasteiger partial charge in [0.2, 0.25) is 0 Å². The summed E-state index contributed by atoms with van der Waals surface area (Å²) in [6.45, 7) is -0.230. The Labute approximate surface area is 226 Å². The van der Waals surface area contributed by atoms with Crippen LogP contribution in [0.5, 0.6) is 0 Å². The molecular formula is C29H25F2N5O4. The Balaban J connectivity index is 1.68. The summed E-state index contributed by atoms with van der Waals surface area (Å²) in [5, 5.41) is 8.19. The number of carbonyl (C=O) groups excluding carboxylic acids is 1. The van der Waals surface area contributed by atoms with Gasteiger partial charge in [-0.1, -0.05) is 0 Å². The van der Waals surface area contributed by atoms with E-state index in [-0.39, 0.29) is 40.9 Å². The fourth-order valence-electron chi connectivity index (χ4n) is 5.08. The number of pyridine rings is 1. The van der Waals surface area contributed by atoms with Gasteiger partial charge in [0.1, 0.15) is 30.4 Å². The maximum atomic E-state index is 15.4. The third-order valence-corrected chi connectivity index (χ3v) is 7.00. The number of hydrogen-bond donors (Lipinski definition) is 2. The molecule has 0 spiro atoms. The van der Waals surface area contributed by atoms with E-state index < -0.39 is 24.0 Å². The Morgan fingerprint density at radius 2 is 2.05 bits per heavy atom. The van der Waals surface area contributed by atoms with Crippen LogP contribution in [0, 0.1) is 5.82 Å². The molecule has 4 heterocycles. The van der Waals surface area contributed by atoms with Crippen molar-refractivity contribution >= 4 is 38.7 Å². The van der Waals surface area contributed by atoms with E-state index in [2.05, 4.69) is 15.2 Å². The van der Waals surface area contributed by atoms with Crippen LogP contribution in [-0.2, 0) is 18.0 Å². The van der Waals surface area contributed by atoms with E-state index in [0.29, 0.717) is 34.1 Å². The van der Waals surface area contributed by atoms with Crippen molar-refractivity contribution in [1.82, 2.24) is 24.6 Å². The molecule has 0 aliphatic rings. The van der Waals surface area contributed by atoms with Gasteiger partial charge in [0, 0.05) is 30.2 Å². The van der Waals surface area contributed by atoms with Crippen molar-refractivity contribution < 1.29 is 22.7 Å². The lowest BCUT2D eigenvalue weighted by Crippen LogP contribution is -2.22. The van der Waals surface area contributed by atoms with Gasteiger partial charge in [0.05, 0.1) is 39.8 Å². The molecule has 4 aromatic heterocycles. The van der Waals surface area contributed by atoms with Crippen molar-refractivity contribution in [2.75, 3.05) is 27.2 Å². The number of hydrogen-bond acceptors (Lipinski definition) is 6. The number of alkyl halides is 1. The molecular weight excluding hydrogens is 520 g/mol. The zero-order chi connectivity index (χ0) is 28.0. The quantitative estimate of drug-likeness (QED) is 0.261. The van der Waals surface area contributed by atoms with Crippen molar-refractivity contribution in [3.05, 3.63) is 88.0 Å². The Morgan fingerprint density at radius 3 is 2.83 bits per heavy atom. The number of esters is 1. The highest BCUT2D eigenvalue weighted by atomic mass is 19.1. The number of benzene rings is 2. The third-order valence-electron chi connectivity index (χ3n) is 7.00. The number of rotatable bonds is 8. The third kappa shape index (κ3) is 4.24. The van der Waals surface area contributed by atoms with E-state index in [1.54, 1.807) is 35.0 Å². The molecule has 0 saturated heterocycles. The number of halogens is 2. The first-order valence-corrected chi connectivity index (χ1v) is 12.6. The fraction of sp³-hybridized carbons (Fsp3) is 0.207. The molecule has 0 aliphatic heterocycles. The Bertz CT molecular complexity index is 1950. The summed E-state index contributed by atoms with van der Waals surface area (Å²) in [4.78, 5) is 31.4. The van der Waals surface area contributed by atoms with Crippen molar-refractivity contribution in [2.45, 2.75) is 13.2 Å². The van der Waals surface area contributed by atoms with Gasteiger partial charge in [-0.05, 0) is 61.6 Å². The molecule has 0 saturated carbocycles. The van der Waals surface area contributed by atoms with Crippen LogP contribution in [0.4, 0.5) is 8.78 Å². The highest BCUT2D eigenvalue weighted by molar-refractivity contribution is 6.17. The van der Waals surface area contributed by atoms with Gasteiger partial charge in [-0.2, -0.15) is 5.10 Å². The van der Waals surface area contributed by atoms with Gasteiger partial charge < -0.3 is 23.6 Å². The number of nitrogens with one attached hydrogen (secondary N) is 2. The molecule has 6 aromatic rings. The van der Waals surface area contributed by atoms with Gasteiger partial charge >= 0.3 is 5.97 Å². The lowest BCUT2D eigenvalue weighted by Gasteiger charge is -2.15. The summed E-state index contributed by atoms with van der Waals surface area (Å²) >= 11 is 0. The van der Waals surface area contributed by atoms with Crippen LogP contribution in [0.2, 0.25) is 0 Å². The van der Waals surface area contributed by atoms with Crippen molar-refractivity contribution in [3.8, 4) is 11.1 Å². The molecule has 9 nitrogen and oxygen atoms in total. The summed E-state index contributed by atoms with van der Waals surface area (Å²) in [6.07, 6.45) is 4.45. The van der Waals surface area contributed by atoms with E-state index >= 15 is 4.39 Å². The topological polar surface area (TPSA) is 109 Å². The number of aromatic nitrogens is 4. The largest absolute Gasteiger partial charge is 0.463 e. The standard InChI is InChI=1S/C29H25F2N5O4/c1-35(2)7-9-40-29(38)26-24(20-4-3-6-32-28(20)37)25-23(12-21(31)19-5-8-39-27(19)25)36(26)15-18-10-17-14-33-34-22(17)11-16(18)13-30/h3-6,8,10-12,14H,7,9,13,15H2,1-2H3,(H,32,37)(H,33,34). The number of carbonyl (C=O) groups is 1. The van der Waals surface area contributed by atoms with Crippen molar-refractivity contribution in [1.29, 1.82) is 0 Å². The summed E-state index contributed by atoms with van der Waals surface area (Å²) in [6, 6.07) is 9.44. The van der Waals surface area contributed by atoms with Gasteiger partial charge in [-0.3, -0.25) is 9.89 Å². The Hall–Kier alpha value is -4.77. The van der Waals surface area contributed by atoms with Crippen LogP contribution < -0.4 is 5.56 Å². The summed E-state index contributed by atoms with van der Waals surface area (Å²) in [5.41, 5.74) is 2.11. The lowest BCUT2D eigenvalue weighted by atomic mass is 10.0. The molecule has 2 aromatic carbocycles. The normalized spacial score (nSPS) is 11.8. The highest BCUT2D eigenvalue weighted by Gasteiger charge is 2.30. The summed E-state index contributed by atoms with van der Waals surface area (Å²) in [5.74, 6) is -1.27. The molecule has 0 amide bonds. The van der Waals surface area contributed by atoms with E-state index in [1.165, 1.54) is 24.6 Å². The van der Waals surface area contributed by atoms with E-state index in [9.17, 15) is 14.0 Å². The molecule has 6 rings (SSSR count). The first-order valence-electron chi connectivity index (χ1n) is 12.6. The minimum atomic E-state index is -0.770. The molecule has 0 unspecified atom stereocenters.